The Morgan fingerprint density at radius 1 is 1.00 bits per heavy atom. The number of amides is 1. The van der Waals surface area contributed by atoms with Crippen molar-refractivity contribution in [3.05, 3.63) is 70.3 Å². The highest BCUT2D eigenvalue weighted by Crippen LogP contribution is 2.27. The Labute approximate surface area is 181 Å². The fraction of sp³-hybridized carbons (Fsp3) is 0.360. The summed E-state index contributed by atoms with van der Waals surface area (Å²) in [6.07, 6.45) is 7.77. The average Bonchev–Trinajstić information content (AvgIpc) is 2.75. The highest BCUT2D eigenvalue weighted by molar-refractivity contribution is 6.09. The molecule has 0 radical (unpaired) electrons. The lowest BCUT2D eigenvalue weighted by atomic mass is 10.1. The summed E-state index contributed by atoms with van der Waals surface area (Å²) in [5.74, 6) is -1.62. The molecule has 0 aliphatic rings. The van der Waals surface area contributed by atoms with Crippen LogP contribution in [0.3, 0.4) is 0 Å². The van der Waals surface area contributed by atoms with Crippen molar-refractivity contribution in [2.75, 3.05) is 5.32 Å². The third-order valence-corrected chi connectivity index (χ3v) is 5.44. The van der Waals surface area contributed by atoms with Gasteiger partial charge >= 0.3 is 0 Å². The number of rotatable bonds is 10. The molecule has 0 aliphatic carbocycles. The fourth-order valence-corrected chi connectivity index (χ4v) is 3.80. The van der Waals surface area contributed by atoms with E-state index < -0.39 is 17.3 Å². The van der Waals surface area contributed by atoms with Crippen LogP contribution in [-0.4, -0.2) is 15.6 Å². The lowest BCUT2D eigenvalue weighted by molar-refractivity contribution is 0.102. The summed E-state index contributed by atoms with van der Waals surface area (Å²) in [4.78, 5) is 26.0. The zero-order valence-corrected chi connectivity index (χ0v) is 17.9. The summed E-state index contributed by atoms with van der Waals surface area (Å²) < 4.78 is 15.0. The number of pyridine rings is 1. The van der Waals surface area contributed by atoms with Gasteiger partial charge in [0.1, 0.15) is 17.1 Å². The van der Waals surface area contributed by atoms with E-state index in [0.29, 0.717) is 17.4 Å². The predicted molar refractivity (Wildman–Crippen MR) is 122 cm³/mol. The molecule has 0 saturated carbocycles. The van der Waals surface area contributed by atoms with Gasteiger partial charge in [-0.1, -0.05) is 63.6 Å². The highest BCUT2D eigenvalue weighted by atomic mass is 19.1. The number of para-hydroxylation sites is 1. The van der Waals surface area contributed by atoms with Gasteiger partial charge in [-0.15, -0.1) is 0 Å². The predicted octanol–water partition coefficient (Wildman–Crippen LogP) is 5.85. The van der Waals surface area contributed by atoms with Gasteiger partial charge in [-0.05, 0) is 36.8 Å². The minimum absolute atomic E-state index is 0.218. The van der Waals surface area contributed by atoms with E-state index in [1.54, 1.807) is 28.8 Å². The number of benzene rings is 2. The molecule has 5 nitrogen and oxygen atoms in total. The van der Waals surface area contributed by atoms with E-state index in [9.17, 15) is 19.1 Å². The lowest BCUT2D eigenvalue weighted by Crippen LogP contribution is -2.30. The summed E-state index contributed by atoms with van der Waals surface area (Å²) in [5, 5.41) is 13.7. The van der Waals surface area contributed by atoms with Crippen molar-refractivity contribution in [3.8, 4) is 5.75 Å². The highest BCUT2D eigenvalue weighted by Gasteiger charge is 2.22. The number of hydrogen-bond acceptors (Lipinski definition) is 3. The number of hydrogen-bond donors (Lipinski definition) is 2. The molecule has 3 aromatic rings. The first-order valence-corrected chi connectivity index (χ1v) is 10.9. The van der Waals surface area contributed by atoms with Gasteiger partial charge in [-0.3, -0.25) is 9.59 Å². The molecule has 6 heteroatoms. The number of fused-ring (bicyclic) bond motifs is 1. The third-order valence-electron chi connectivity index (χ3n) is 5.44. The first-order chi connectivity index (χ1) is 15.0. The molecule has 164 valence electrons. The molecule has 0 saturated heterocycles. The molecule has 0 unspecified atom stereocenters. The van der Waals surface area contributed by atoms with Gasteiger partial charge < -0.3 is 15.0 Å². The van der Waals surface area contributed by atoms with E-state index in [-0.39, 0.29) is 17.0 Å². The molecular formula is C25H29FN2O3. The van der Waals surface area contributed by atoms with Crippen LogP contribution in [0.5, 0.6) is 5.75 Å². The SMILES string of the molecule is CCCCCCCCCn1c(=O)c(C(=O)Nc2cccc(F)c2)c(O)c2ccccc21. The molecule has 0 fully saturated rings. The maximum absolute atomic E-state index is 13.5. The Balaban J connectivity index is 1.86. The number of anilines is 1. The van der Waals surface area contributed by atoms with Gasteiger partial charge in [-0.25, -0.2) is 4.39 Å². The number of unbranched alkanes of at least 4 members (excludes halogenated alkanes) is 6. The largest absolute Gasteiger partial charge is 0.506 e. The summed E-state index contributed by atoms with van der Waals surface area (Å²) in [7, 11) is 0. The standard InChI is InChI=1S/C25H29FN2O3/c1-2-3-4-5-6-7-10-16-28-21-15-9-8-14-20(21)23(29)22(25(28)31)24(30)27-19-13-11-12-18(26)17-19/h8-9,11-15,17,29H,2-7,10,16H2,1H3,(H,27,30). The quantitative estimate of drug-likeness (QED) is 0.401. The molecule has 0 bridgehead atoms. The van der Waals surface area contributed by atoms with Crippen molar-refractivity contribution in [2.24, 2.45) is 0 Å². The molecule has 1 heterocycles. The summed E-state index contributed by atoms with van der Waals surface area (Å²) >= 11 is 0. The van der Waals surface area contributed by atoms with Crippen molar-refractivity contribution in [2.45, 2.75) is 58.4 Å². The number of carbonyl (C=O) groups is 1. The second-order valence-corrected chi connectivity index (χ2v) is 7.78. The van der Waals surface area contributed by atoms with E-state index in [1.807, 2.05) is 0 Å². The van der Waals surface area contributed by atoms with Crippen molar-refractivity contribution < 1.29 is 14.3 Å². The van der Waals surface area contributed by atoms with Crippen LogP contribution in [0.2, 0.25) is 0 Å². The summed E-state index contributed by atoms with van der Waals surface area (Å²) in [6, 6.07) is 12.4. The molecule has 1 amide bonds. The van der Waals surface area contributed by atoms with Crippen molar-refractivity contribution in [3.63, 3.8) is 0 Å². The summed E-state index contributed by atoms with van der Waals surface area (Å²) in [5.41, 5.74) is -0.0594. The van der Waals surface area contributed by atoms with Crippen molar-refractivity contribution in [1.29, 1.82) is 0 Å². The van der Waals surface area contributed by atoms with E-state index in [4.69, 9.17) is 0 Å². The molecule has 31 heavy (non-hydrogen) atoms. The second-order valence-electron chi connectivity index (χ2n) is 7.78. The van der Waals surface area contributed by atoms with Crippen LogP contribution in [0.25, 0.3) is 10.9 Å². The van der Waals surface area contributed by atoms with Gasteiger partial charge in [-0.2, -0.15) is 0 Å². The maximum atomic E-state index is 13.5. The van der Waals surface area contributed by atoms with E-state index in [1.165, 1.54) is 43.9 Å². The van der Waals surface area contributed by atoms with Gasteiger partial charge in [0.2, 0.25) is 0 Å². The second kappa shape index (κ2) is 10.8. The average molecular weight is 425 g/mol. The maximum Gasteiger partial charge on any atom is 0.267 e. The molecule has 0 atom stereocenters. The van der Waals surface area contributed by atoms with E-state index in [2.05, 4.69) is 12.2 Å². The lowest BCUT2D eigenvalue weighted by Gasteiger charge is -2.15. The Kier molecular flexibility index (Phi) is 7.82. The number of nitrogens with zero attached hydrogens (tertiary/aromatic N) is 1. The van der Waals surface area contributed by atoms with Crippen LogP contribution in [0.15, 0.2) is 53.3 Å². The number of nitrogens with one attached hydrogen (secondary N) is 1. The Morgan fingerprint density at radius 2 is 1.71 bits per heavy atom. The van der Waals surface area contributed by atoms with Crippen LogP contribution >= 0.6 is 0 Å². The molecular weight excluding hydrogens is 395 g/mol. The molecule has 0 aliphatic heterocycles. The van der Waals surface area contributed by atoms with Crippen LogP contribution in [0, 0.1) is 5.82 Å². The van der Waals surface area contributed by atoms with Crippen LogP contribution in [0.4, 0.5) is 10.1 Å². The first kappa shape index (κ1) is 22.5. The Morgan fingerprint density at radius 3 is 2.45 bits per heavy atom. The number of aromatic hydroxyl groups is 1. The summed E-state index contributed by atoms with van der Waals surface area (Å²) in [6.45, 7) is 2.65. The topological polar surface area (TPSA) is 71.3 Å². The monoisotopic (exact) mass is 424 g/mol. The van der Waals surface area contributed by atoms with Gasteiger partial charge in [0.25, 0.3) is 11.5 Å². The Bertz CT molecular complexity index is 1110. The minimum Gasteiger partial charge on any atom is -0.506 e. The first-order valence-electron chi connectivity index (χ1n) is 10.9. The van der Waals surface area contributed by atoms with Gasteiger partial charge in [0.15, 0.2) is 0 Å². The molecule has 0 spiro atoms. The fourth-order valence-electron chi connectivity index (χ4n) is 3.80. The van der Waals surface area contributed by atoms with Crippen LogP contribution in [0.1, 0.15) is 62.2 Å². The number of carbonyl (C=O) groups excluding carboxylic acids is 1. The van der Waals surface area contributed by atoms with Crippen molar-refractivity contribution in [1.82, 2.24) is 4.57 Å². The smallest absolute Gasteiger partial charge is 0.267 e. The van der Waals surface area contributed by atoms with Crippen molar-refractivity contribution >= 4 is 22.5 Å². The Hall–Kier alpha value is -3.15. The minimum atomic E-state index is -0.757. The van der Waals surface area contributed by atoms with Crippen LogP contribution < -0.4 is 10.9 Å². The molecule has 1 aromatic heterocycles. The third kappa shape index (κ3) is 5.51. The van der Waals surface area contributed by atoms with Crippen LogP contribution in [-0.2, 0) is 6.54 Å². The van der Waals surface area contributed by atoms with Gasteiger partial charge in [0.05, 0.1) is 5.52 Å². The number of aryl methyl sites for hydroxylation is 1. The number of halogens is 1. The zero-order chi connectivity index (χ0) is 22.2. The molecule has 2 N–H and O–H groups in total. The normalized spacial score (nSPS) is 11.0. The number of aromatic nitrogens is 1. The molecule has 3 rings (SSSR count). The van der Waals surface area contributed by atoms with E-state index >= 15 is 0 Å². The molecule has 2 aromatic carbocycles. The van der Waals surface area contributed by atoms with E-state index in [0.717, 1.165) is 25.3 Å². The zero-order valence-electron chi connectivity index (χ0n) is 17.9. The van der Waals surface area contributed by atoms with Gasteiger partial charge in [0, 0.05) is 17.6 Å².